The second kappa shape index (κ2) is 6.91. The fourth-order valence-corrected chi connectivity index (χ4v) is 5.36. The summed E-state index contributed by atoms with van der Waals surface area (Å²) in [5.74, 6) is 1.62. The van der Waals surface area contributed by atoms with E-state index in [1.54, 1.807) is 4.68 Å². The van der Waals surface area contributed by atoms with Crippen molar-refractivity contribution in [3.05, 3.63) is 29.2 Å². The maximum Gasteiger partial charge on any atom is 0.272 e. The summed E-state index contributed by atoms with van der Waals surface area (Å²) in [7, 11) is 1.82. The zero-order chi connectivity index (χ0) is 20.2. The van der Waals surface area contributed by atoms with Gasteiger partial charge in [-0.25, -0.2) is 0 Å². The third-order valence-electron chi connectivity index (χ3n) is 6.80. The van der Waals surface area contributed by atoms with Crippen LogP contribution < -0.4 is 0 Å². The van der Waals surface area contributed by atoms with Crippen molar-refractivity contribution in [1.29, 1.82) is 0 Å². The van der Waals surface area contributed by atoms with Crippen LogP contribution in [0.1, 0.15) is 40.7 Å². The van der Waals surface area contributed by atoms with Crippen LogP contribution >= 0.6 is 0 Å². The van der Waals surface area contributed by atoms with Crippen LogP contribution in [0.15, 0.2) is 10.6 Å². The summed E-state index contributed by atoms with van der Waals surface area (Å²) in [5, 5.41) is 8.39. The molecule has 9 heteroatoms. The summed E-state index contributed by atoms with van der Waals surface area (Å²) in [4.78, 5) is 22.4. The topological polar surface area (TPSA) is 89.5 Å². The molecule has 2 atom stereocenters. The average molecular weight is 400 g/mol. The van der Waals surface area contributed by atoms with Crippen molar-refractivity contribution in [2.24, 2.45) is 13.0 Å². The lowest BCUT2D eigenvalue weighted by Gasteiger charge is -2.33. The first-order chi connectivity index (χ1) is 14.0. The lowest BCUT2D eigenvalue weighted by Crippen LogP contribution is -2.44. The van der Waals surface area contributed by atoms with Crippen molar-refractivity contribution in [3.8, 4) is 0 Å². The highest BCUT2D eigenvalue weighted by Crippen LogP contribution is 2.46. The van der Waals surface area contributed by atoms with Gasteiger partial charge in [0.25, 0.3) is 5.91 Å². The largest absolute Gasteiger partial charge is 0.381 e. The molecule has 0 N–H and O–H groups in total. The van der Waals surface area contributed by atoms with E-state index in [2.05, 4.69) is 20.1 Å². The van der Waals surface area contributed by atoms with E-state index in [0.29, 0.717) is 36.5 Å². The smallest absolute Gasteiger partial charge is 0.272 e. The van der Waals surface area contributed by atoms with Gasteiger partial charge in [0, 0.05) is 58.4 Å². The summed E-state index contributed by atoms with van der Waals surface area (Å²) in [5.41, 5.74) is 1.17. The van der Waals surface area contributed by atoms with Gasteiger partial charge in [0.15, 0.2) is 5.82 Å². The van der Waals surface area contributed by atoms with Gasteiger partial charge in [-0.05, 0) is 32.8 Å². The van der Waals surface area contributed by atoms with Crippen LogP contribution in [0.2, 0.25) is 0 Å². The Morgan fingerprint density at radius 2 is 2.00 bits per heavy atom. The molecule has 5 rings (SSSR count). The van der Waals surface area contributed by atoms with E-state index < -0.39 is 0 Å². The molecule has 0 saturated carbocycles. The standard InChI is InChI=1S/C20H28N6O3/c1-13-8-17(24(3)22-13)18(27)26-10-15-9-25(16-4-6-28-7-5-16)11-20(15,12-26)19-21-14(2)23-29-19/h8,15-16H,4-7,9-12H2,1-3H3. The number of likely N-dealkylation sites (tertiary alicyclic amines) is 2. The second-order valence-electron chi connectivity index (χ2n) is 8.75. The van der Waals surface area contributed by atoms with Crippen LogP contribution in [0, 0.1) is 19.8 Å². The molecule has 2 unspecified atom stereocenters. The first-order valence-corrected chi connectivity index (χ1v) is 10.4. The van der Waals surface area contributed by atoms with Gasteiger partial charge in [-0.15, -0.1) is 0 Å². The molecule has 0 bridgehead atoms. The lowest BCUT2D eigenvalue weighted by atomic mass is 9.81. The monoisotopic (exact) mass is 400 g/mol. The normalized spacial score (nSPS) is 28.2. The number of rotatable bonds is 3. The lowest BCUT2D eigenvalue weighted by molar-refractivity contribution is 0.0368. The van der Waals surface area contributed by atoms with Gasteiger partial charge in [-0.2, -0.15) is 10.1 Å². The summed E-state index contributed by atoms with van der Waals surface area (Å²) in [6.45, 7) is 8.49. The van der Waals surface area contributed by atoms with Gasteiger partial charge in [-0.3, -0.25) is 14.4 Å². The first kappa shape index (κ1) is 18.7. The predicted octanol–water partition coefficient (Wildman–Crippen LogP) is 0.925. The highest BCUT2D eigenvalue weighted by atomic mass is 16.5. The maximum absolute atomic E-state index is 13.2. The van der Waals surface area contributed by atoms with Crippen molar-refractivity contribution >= 4 is 5.91 Å². The molecule has 2 aromatic rings. The number of fused-ring (bicyclic) bond motifs is 1. The van der Waals surface area contributed by atoms with E-state index in [4.69, 9.17) is 9.26 Å². The number of ether oxygens (including phenoxy) is 1. The number of nitrogens with zero attached hydrogens (tertiary/aromatic N) is 6. The molecular weight excluding hydrogens is 372 g/mol. The van der Waals surface area contributed by atoms with Crippen molar-refractivity contribution in [1.82, 2.24) is 29.7 Å². The second-order valence-corrected chi connectivity index (χ2v) is 8.75. The maximum atomic E-state index is 13.2. The summed E-state index contributed by atoms with van der Waals surface area (Å²) >= 11 is 0. The number of aromatic nitrogens is 4. The number of carbonyl (C=O) groups is 1. The van der Waals surface area contributed by atoms with E-state index >= 15 is 0 Å². The van der Waals surface area contributed by atoms with E-state index in [0.717, 1.165) is 44.8 Å². The van der Waals surface area contributed by atoms with Gasteiger partial charge >= 0.3 is 0 Å². The third-order valence-corrected chi connectivity index (χ3v) is 6.80. The SMILES string of the molecule is Cc1cc(C(=O)N2CC3CN(C4CCOCC4)CC3(c3nc(C)no3)C2)n(C)n1. The Morgan fingerprint density at radius 1 is 1.21 bits per heavy atom. The van der Waals surface area contributed by atoms with Crippen LogP contribution in [0.5, 0.6) is 0 Å². The molecule has 3 saturated heterocycles. The van der Waals surface area contributed by atoms with E-state index in [1.165, 1.54) is 0 Å². The van der Waals surface area contributed by atoms with E-state index in [1.807, 2.05) is 31.9 Å². The molecule has 1 amide bonds. The van der Waals surface area contributed by atoms with E-state index in [-0.39, 0.29) is 17.2 Å². The van der Waals surface area contributed by atoms with Crippen molar-refractivity contribution in [3.63, 3.8) is 0 Å². The Kier molecular flexibility index (Phi) is 4.47. The third kappa shape index (κ3) is 3.07. The number of carbonyl (C=O) groups excluding carboxylic acids is 1. The Hall–Kier alpha value is -2.26. The van der Waals surface area contributed by atoms with Gasteiger partial charge in [0.1, 0.15) is 5.69 Å². The summed E-state index contributed by atoms with van der Waals surface area (Å²) in [6, 6.07) is 2.38. The molecule has 0 aromatic carbocycles. The quantitative estimate of drug-likeness (QED) is 0.757. The molecule has 0 aliphatic carbocycles. The molecule has 5 heterocycles. The van der Waals surface area contributed by atoms with Crippen molar-refractivity contribution in [2.45, 2.75) is 38.1 Å². The summed E-state index contributed by atoms with van der Waals surface area (Å²) in [6.07, 6.45) is 2.12. The Morgan fingerprint density at radius 3 is 2.66 bits per heavy atom. The number of aryl methyl sites for hydroxylation is 3. The minimum absolute atomic E-state index is 0.0238. The molecule has 29 heavy (non-hydrogen) atoms. The minimum atomic E-state index is -0.303. The van der Waals surface area contributed by atoms with Crippen LogP contribution in [0.25, 0.3) is 0 Å². The van der Waals surface area contributed by atoms with Crippen LogP contribution in [0.3, 0.4) is 0 Å². The Labute approximate surface area is 170 Å². The highest BCUT2D eigenvalue weighted by molar-refractivity contribution is 5.93. The molecule has 2 aromatic heterocycles. The van der Waals surface area contributed by atoms with Crippen LogP contribution in [-0.2, 0) is 17.2 Å². The fourth-order valence-electron chi connectivity index (χ4n) is 5.36. The first-order valence-electron chi connectivity index (χ1n) is 10.4. The molecular formula is C20H28N6O3. The number of hydrogen-bond acceptors (Lipinski definition) is 7. The van der Waals surface area contributed by atoms with Crippen molar-refractivity contribution < 1.29 is 14.1 Å². The molecule has 3 fully saturated rings. The zero-order valence-corrected chi connectivity index (χ0v) is 17.3. The zero-order valence-electron chi connectivity index (χ0n) is 17.3. The van der Waals surface area contributed by atoms with Crippen LogP contribution in [-0.4, -0.2) is 81.1 Å². The molecule has 9 nitrogen and oxygen atoms in total. The predicted molar refractivity (Wildman–Crippen MR) is 103 cm³/mol. The molecule has 0 spiro atoms. The molecule has 0 radical (unpaired) electrons. The molecule has 3 aliphatic heterocycles. The highest BCUT2D eigenvalue weighted by Gasteiger charge is 2.58. The molecule has 3 aliphatic rings. The number of hydrogen-bond donors (Lipinski definition) is 0. The van der Waals surface area contributed by atoms with Gasteiger partial charge in [0.2, 0.25) is 5.89 Å². The summed E-state index contributed by atoms with van der Waals surface area (Å²) < 4.78 is 12.9. The minimum Gasteiger partial charge on any atom is -0.381 e. The van der Waals surface area contributed by atoms with Crippen molar-refractivity contribution in [2.75, 3.05) is 39.4 Å². The van der Waals surface area contributed by atoms with Crippen LogP contribution in [0.4, 0.5) is 0 Å². The average Bonchev–Trinajstić information content (AvgIpc) is 3.44. The Bertz CT molecular complexity index is 917. The Balaban J connectivity index is 1.43. The number of amides is 1. The van der Waals surface area contributed by atoms with Gasteiger partial charge < -0.3 is 14.2 Å². The van der Waals surface area contributed by atoms with Gasteiger partial charge in [0.05, 0.1) is 11.1 Å². The molecule has 156 valence electrons. The fraction of sp³-hybridized carbons (Fsp3) is 0.700. The van der Waals surface area contributed by atoms with Gasteiger partial charge in [-0.1, -0.05) is 5.16 Å². The van der Waals surface area contributed by atoms with E-state index in [9.17, 15) is 4.79 Å².